The largest absolute Gasteiger partial charge is 0.326 e. The van der Waals surface area contributed by atoms with E-state index < -0.39 is 0 Å². The highest BCUT2D eigenvalue weighted by Gasteiger charge is 2.21. The van der Waals surface area contributed by atoms with Crippen LogP contribution >= 0.6 is 11.8 Å². The molecular formula is C16H15N3OS. The van der Waals surface area contributed by atoms with E-state index in [9.17, 15) is 4.79 Å². The summed E-state index contributed by atoms with van der Waals surface area (Å²) in [6.45, 7) is 1.50. The monoisotopic (exact) mass is 297 g/mol. The van der Waals surface area contributed by atoms with Crippen molar-refractivity contribution in [1.29, 1.82) is 0 Å². The van der Waals surface area contributed by atoms with E-state index in [0.717, 1.165) is 21.9 Å². The van der Waals surface area contributed by atoms with Crippen molar-refractivity contribution in [3.63, 3.8) is 0 Å². The third-order valence-electron chi connectivity index (χ3n) is 3.07. The van der Waals surface area contributed by atoms with Gasteiger partial charge in [0.25, 0.3) is 0 Å². The van der Waals surface area contributed by atoms with Crippen LogP contribution in [0.15, 0.2) is 59.7 Å². The van der Waals surface area contributed by atoms with Gasteiger partial charge in [0.15, 0.2) is 0 Å². The molecule has 1 unspecified atom stereocenters. The lowest BCUT2D eigenvalue weighted by Crippen LogP contribution is -2.08. The minimum absolute atomic E-state index is 0.0641. The molecule has 1 aliphatic heterocycles. The molecule has 0 aromatic heterocycles. The van der Waals surface area contributed by atoms with Gasteiger partial charge in [-0.05, 0) is 17.7 Å². The summed E-state index contributed by atoms with van der Waals surface area (Å²) in [4.78, 5) is 11.0. The van der Waals surface area contributed by atoms with Crippen LogP contribution in [0.25, 0.3) is 0 Å². The van der Waals surface area contributed by atoms with E-state index in [0.29, 0.717) is 0 Å². The molecular weight excluding hydrogens is 282 g/mol. The van der Waals surface area contributed by atoms with Crippen LogP contribution in [-0.2, 0) is 4.79 Å². The Morgan fingerprint density at radius 2 is 1.86 bits per heavy atom. The Morgan fingerprint density at radius 1 is 1.14 bits per heavy atom. The number of carbonyl (C=O) groups is 1. The fraction of sp³-hybridized carbons (Fsp3) is 0.125. The number of anilines is 1. The summed E-state index contributed by atoms with van der Waals surface area (Å²) in [7, 11) is 0. The zero-order valence-corrected chi connectivity index (χ0v) is 12.4. The summed E-state index contributed by atoms with van der Waals surface area (Å²) in [5, 5.41) is 8.25. The Balaban J connectivity index is 1.69. The molecule has 2 aromatic carbocycles. The normalized spacial score (nSPS) is 17.0. The number of rotatable bonds is 3. The van der Waals surface area contributed by atoms with Crippen LogP contribution in [0.1, 0.15) is 23.4 Å². The number of nitrogens with one attached hydrogen (secondary N) is 2. The van der Waals surface area contributed by atoms with E-state index in [-0.39, 0.29) is 11.3 Å². The van der Waals surface area contributed by atoms with Crippen molar-refractivity contribution in [3.05, 3.63) is 65.7 Å². The molecule has 0 bridgehead atoms. The van der Waals surface area contributed by atoms with Crippen LogP contribution in [0.3, 0.4) is 0 Å². The van der Waals surface area contributed by atoms with E-state index >= 15 is 0 Å². The zero-order valence-electron chi connectivity index (χ0n) is 11.5. The lowest BCUT2D eigenvalue weighted by Gasteiger charge is -2.10. The van der Waals surface area contributed by atoms with Crippen molar-refractivity contribution in [2.24, 2.45) is 5.10 Å². The quantitative estimate of drug-likeness (QED) is 0.913. The summed E-state index contributed by atoms with van der Waals surface area (Å²) < 4.78 is 0. The zero-order chi connectivity index (χ0) is 14.7. The lowest BCUT2D eigenvalue weighted by molar-refractivity contribution is -0.114. The Kier molecular flexibility index (Phi) is 3.92. The standard InChI is InChI=1S/C16H15N3OS/c1-11(20)17-14-9-7-13(8-10-14)16-19-18-15(21-16)12-5-3-2-4-6-12/h2-10,16,19H,1H3,(H,17,20). The molecule has 0 saturated heterocycles. The number of thioether (sulfide) groups is 1. The number of nitrogens with zero attached hydrogens (tertiary/aromatic N) is 1. The molecule has 106 valence electrons. The summed E-state index contributed by atoms with van der Waals surface area (Å²) in [5.74, 6) is -0.0641. The smallest absolute Gasteiger partial charge is 0.221 e. The topological polar surface area (TPSA) is 53.5 Å². The highest BCUT2D eigenvalue weighted by Crippen LogP contribution is 2.34. The summed E-state index contributed by atoms with van der Waals surface area (Å²) in [6.07, 6.45) is 0. The Morgan fingerprint density at radius 3 is 2.52 bits per heavy atom. The molecule has 0 spiro atoms. The second-order valence-corrected chi connectivity index (χ2v) is 5.81. The first-order valence-electron chi connectivity index (χ1n) is 6.65. The van der Waals surface area contributed by atoms with Gasteiger partial charge in [-0.1, -0.05) is 54.2 Å². The highest BCUT2D eigenvalue weighted by molar-refractivity contribution is 8.14. The van der Waals surface area contributed by atoms with E-state index in [1.807, 2.05) is 42.5 Å². The minimum atomic E-state index is -0.0641. The summed E-state index contributed by atoms with van der Waals surface area (Å²) in [6, 6.07) is 17.9. The number of carbonyl (C=O) groups excluding carboxylic acids is 1. The number of hydrogen-bond donors (Lipinski definition) is 2. The second-order valence-electron chi connectivity index (χ2n) is 4.71. The van der Waals surface area contributed by atoms with Crippen LogP contribution in [0.4, 0.5) is 5.69 Å². The molecule has 5 heteroatoms. The number of hydrogen-bond acceptors (Lipinski definition) is 4. The van der Waals surface area contributed by atoms with Gasteiger partial charge in [-0.15, -0.1) is 0 Å². The molecule has 4 nitrogen and oxygen atoms in total. The fourth-order valence-corrected chi connectivity index (χ4v) is 3.08. The van der Waals surface area contributed by atoms with Crippen molar-refractivity contribution in [3.8, 4) is 0 Å². The predicted octanol–water partition coefficient (Wildman–Crippen LogP) is 3.34. The van der Waals surface area contributed by atoms with E-state index in [2.05, 4.69) is 28.0 Å². The molecule has 0 saturated carbocycles. The first-order chi connectivity index (χ1) is 10.2. The van der Waals surface area contributed by atoms with Crippen LogP contribution < -0.4 is 10.7 Å². The average Bonchev–Trinajstić information content (AvgIpc) is 2.98. The van der Waals surface area contributed by atoms with Crippen molar-refractivity contribution in [1.82, 2.24) is 5.43 Å². The first-order valence-corrected chi connectivity index (χ1v) is 7.53. The molecule has 3 rings (SSSR count). The molecule has 1 amide bonds. The number of benzene rings is 2. The summed E-state index contributed by atoms with van der Waals surface area (Å²) >= 11 is 1.69. The molecule has 0 radical (unpaired) electrons. The molecule has 2 aromatic rings. The van der Waals surface area contributed by atoms with Gasteiger partial charge in [0.2, 0.25) is 5.91 Å². The maximum atomic E-state index is 11.0. The Labute approximate surface area is 127 Å². The van der Waals surface area contributed by atoms with Gasteiger partial charge in [0.05, 0.1) is 0 Å². The van der Waals surface area contributed by atoms with Crippen molar-refractivity contribution < 1.29 is 4.79 Å². The number of amides is 1. The van der Waals surface area contributed by atoms with Gasteiger partial charge in [-0.2, -0.15) is 5.10 Å². The molecule has 0 aliphatic carbocycles. The van der Waals surface area contributed by atoms with Crippen molar-refractivity contribution in [2.45, 2.75) is 12.3 Å². The SMILES string of the molecule is CC(=O)Nc1ccc(C2NN=C(c3ccccc3)S2)cc1. The molecule has 21 heavy (non-hydrogen) atoms. The van der Waals surface area contributed by atoms with E-state index in [1.54, 1.807) is 11.8 Å². The fourth-order valence-electron chi connectivity index (χ4n) is 2.08. The van der Waals surface area contributed by atoms with Gasteiger partial charge in [0, 0.05) is 18.2 Å². The predicted molar refractivity (Wildman–Crippen MR) is 87.2 cm³/mol. The van der Waals surface area contributed by atoms with Crippen LogP contribution in [0.2, 0.25) is 0 Å². The van der Waals surface area contributed by atoms with Gasteiger partial charge in [0.1, 0.15) is 10.4 Å². The van der Waals surface area contributed by atoms with Gasteiger partial charge < -0.3 is 5.32 Å². The first kappa shape index (κ1) is 13.7. The van der Waals surface area contributed by atoms with Gasteiger partial charge in [-0.3, -0.25) is 10.2 Å². The Bertz CT molecular complexity index is 668. The van der Waals surface area contributed by atoms with Crippen molar-refractivity contribution in [2.75, 3.05) is 5.32 Å². The van der Waals surface area contributed by atoms with Crippen LogP contribution in [0, 0.1) is 0 Å². The van der Waals surface area contributed by atoms with Gasteiger partial charge >= 0.3 is 0 Å². The van der Waals surface area contributed by atoms with Crippen LogP contribution in [-0.4, -0.2) is 11.0 Å². The average molecular weight is 297 g/mol. The van der Waals surface area contributed by atoms with Gasteiger partial charge in [-0.25, -0.2) is 0 Å². The second kappa shape index (κ2) is 6.01. The maximum absolute atomic E-state index is 11.0. The molecule has 2 N–H and O–H groups in total. The minimum Gasteiger partial charge on any atom is -0.326 e. The lowest BCUT2D eigenvalue weighted by atomic mass is 10.2. The molecule has 1 aliphatic rings. The van der Waals surface area contributed by atoms with Crippen molar-refractivity contribution >= 4 is 28.4 Å². The van der Waals surface area contributed by atoms with E-state index in [1.165, 1.54) is 6.92 Å². The maximum Gasteiger partial charge on any atom is 0.221 e. The Hall–Kier alpha value is -2.27. The number of hydrazone groups is 1. The third-order valence-corrected chi connectivity index (χ3v) is 4.23. The van der Waals surface area contributed by atoms with E-state index in [4.69, 9.17) is 0 Å². The van der Waals surface area contributed by atoms with Crippen LogP contribution in [0.5, 0.6) is 0 Å². The highest BCUT2D eigenvalue weighted by atomic mass is 32.2. The molecule has 1 heterocycles. The molecule has 0 fully saturated rings. The molecule has 1 atom stereocenters. The summed E-state index contributed by atoms with van der Waals surface area (Å²) in [5.41, 5.74) is 6.20. The third kappa shape index (κ3) is 3.25.